The summed E-state index contributed by atoms with van der Waals surface area (Å²) >= 11 is 6.41. The van der Waals surface area contributed by atoms with Crippen LogP contribution in [0.1, 0.15) is 15.9 Å². The second-order valence-corrected chi connectivity index (χ2v) is 6.64. The Bertz CT molecular complexity index is 874. The Kier molecular flexibility index (Phi) is 4.37. The standard InChI is InChI=1S/C17H11NO4S2/c19-13-6-4-10(5-7-13)8-14-15(20)18(17(23)24-14)12-3-1-2-11(9-12)16(21)22/h1-9,19H,(H,21,22)/b14-8+. The fourth-order valence-electron chi connectivity index (χ4n) is 2.19. The number of hydrogen-bond acceptors (Lipinski definition) is 5. The number of amides is 1. The van der Waals surface area contributed by atoms with Crippen LogP contribution in [0.25, 0.3) is 6.08 Å². The van der Waals surface area contributed by atoms with Crippen LogP contribution < -0.4 is 4.90 Å². The van der Waals surface area contributed by atoms with Gasteiger partial charge < -0.3 is 10.2 Å². The molecule has 0 spiro atoms. The monoisotopic (exact) mass is 357 g/mol. The number of phenols is 1. The number of carbonyl (C=O) groups excluding carboxylic acids is 1. The average molecular weight is 357 g/mol. The molecule has 7 heteroatoms. The molecule has 2 N–H and O–H groups in total. The van der Waals surface area contributed by atoms with Gasteiger partial charge in [0.15, 0.2) is 4.32 Å². The van der Waals surface area contributed by atoms with Gasteiger partial charge in [0.25, 0.3) is 5.91 Å². The summed E-state index contributed by atoms with van der Waals surface area (Å²) in [6, 6.07) is 12.5. The Hall–Kier alpha value is -2.64. The predicted molar refractivity (Wildman–Crippen MR) is 97.2 cm³/mol. The van der Waals surface area contributed by atoms with Gasteiger partial charge in [0, 0.05) is 0 Å². The molecule has 1 aliphatic heterocycles. The van der Waals surface area contributed by atoms with Crippen LogP contribution in [-0.4, -0.2) is 26.4 Å². The lowest BCUT2D eigenvalue weighted by Crippen LogP contribution is -2.27. The highest BCUT2D eigenvalue weighted by molar-refractivity contribution is 8.27. The maximum Gasteiger partial charge on any atom is 0.335 e. The fourth-order valence-corrected chi connectivity index (χ4v) is 3.49. The number of rotatable bonds is 3. The lowest BCUT2D eigenvalue weighted by Gasteiger charge is -2.14. The molecule has 1 aliphatic rings. The molecule has 0 atom stereocenters. The Balaban J connectivity index is 1.93. The van der Waals surface area contributed by atoms with Crippen LogP contribution in [0, 0.1) is 0 Å². The Morgan fingerprint density at radius 1 is 1.17 bits per heavy atom. The highest BCUT2D eigenvalue weighted by Gasteiger charge is 2.33. The van der Waals surface area contributed by atoms with Gasteiger partial charge in [0.1, 0.15) is 5.75 Å². The number of carboxylic acid groups (broad SMARTS) is 1. The van der Waals surface area contributed by atoms with E-state index in [0.717, 1.165) is 17.3 Å². The van der Waals surface area contributed by atoms with Crippen molar-refractivity contribution < 1.29 is 19.8 Å². The molecule has 0 aliphatic carbocycles. The first-order valence-corrected chi connectivity index (χ1v) is 8.08. The van der Waals surface area contributed by atoms with Crippen molar-refractivity contribution in [3.63, 3.8) is 0 Å². The quantitative estimate of drug-likeness (QED) is 0.647. The average Bonchev–Trinajstić information content (AvgIpc) is 2.83. The highest BCUT2D eigenvalue weighted by Crippen LogP contribution is 2.36. The highest BCUT2D eigenvalue weighted by atomic mass is 32.2. The molecular formula is C17H11NO4S2. The first kappa shape index (κ1) is 16.2. The van der Waals surface area contributed by atoms with Gasteiger partial charge >= 0.3 is 5.97 Å². The molecule has 120 valence electrons. The van der Waals surface area contributed by atoms with E-state index in [1.807, 2.05) is 0 Å². The summed E-state index contributed by atoms with van der Waals surface area (Å²) in [5.41, 5.74) is 1.27. The van der Waals surface area contributed by atoms with Crippen molar-refractivity contribution in [3.05, 3.63) is 64.6 Å². The molecule has 3 rings (SSSR count). The van der Waals surface area contributed by atoms with Gasteiger partial charge in [-0.3, -0.25) is 9.69 Å². The van der Waals surface area contributed by atoms with Crippen molar-refractivity contribution in [1.82, 2.24) is 0 Å². The number of carbonyl (C=O) groups is 2. The number of benzene rings is 2. The van der Waals surface area contributed by atoms with Crippen LogP contribution in [0.3, 0.4) is 0 Å². The van der Waals surface area contributed by atoms with Crippen LogP contribution in [0.15, 0.2) is 53.4 Å². The fraction of sp³-hybridized carbons (Fsp3) is 0. The molecule has 1 heterocycles. The molecule has 1 saturated heterocycles. The summed E-state index contributed by atoms with van der Waals surface area (Å²) in [6.45, 7) is 0. The van der Waals surface area contributed by atoms with Crippen LogP contribution in [0.5, 0.6) is 5.75 Å². The Labute approximate surface area is 147 Å². The van der Waals surface area contributed by atoms with Crippen LogP contribution >= 0.6 is 24.0 Å². The summed E-state index contributed by atoms with van der Waals surface area (Å²) in [5, 5.41) is 18.4. The van der Waals surface area contributed by atoms with Crippen LogP contribution in [0.4, 0.5) is 5.69 Å². The van der Waals surface area contributed by atoms with Crippen molar-refractivity contribution >= 4 is 51.9 Å². The number of thioether (sulfide) groups is 1. The second-order valence-electron chi connectivity index (χ2n) is 4.96. The zero-order valence-electron chi connectivity index (χ0n) is 12.2. The first-order chi connectivity index (χ1) is 11.5. The molecule has 5 nitrogen and oxygen atoms in total. The maximum absolute atomic E-state index is 12.6. The summed E-state index contributed by atoms with van der Waals surface area (Å²) < 4.78 is 0.340. The lowest BCUT2D eigenvalue weighted by molar-refractivity contribution is -0.113. The smallest absolute Gasteiger partial charge is 0.335 e. The van der Waals surface area contributed by atoms with Crippen molar-refractivity contribution in [2.45, 2.75) is 0 Å². The van der Waals surface area contributed by atoms with E-state index >= 15 is 0 Å². The molecule has 2 aromatic carbocycles. The van der Waals surface area contributed by atoms with Gasteiger partial charge in [0.05, 0.1) is 16.2 Å². The molecule has 0 radical (unpaired) electrons. The van der Waals surface area contributed by atoms with Gasteiger partial charge in [-0.05, 0) is 42.0 Å². The van der Waals surface area contributed by atoms with E-state index in [-0.39, 0.29) is 17.2 Å². The Morgan fingerprint density at radius 3 is 2.54 bits per heavy atom. The van der Waals surface area contributed by atoms with Crippen molar-refractivity contribution in [3.8, 4) is 5.75 Å². The van der Waals surface area contributed by atoms with Gasteiger partial charge in [-0.1, -0.05) is 42.2 Å². The van der Waals surface area contributed by atoms with E-state index in [2.05, 4.69) is 0 Å². The normalized spacial score (nSPS) is 16.0. The third-order valence-electron chi connectivity index (χ3n) is 3.34. The number of hydrogen-bond donors (Lipinski definition) is 2. The van der Waals surface area contributed by atoms with Crippen molar-refractivity contribution in [2.24, 2.45) is 0 Å². The molecule has 1 fully saturated rings. The molecule has 0 bridgehead atoms. The first-order valence-electron chi connectivity index (χ1n) is 6.86. The third-order valence-corrected chi connectivity index (χ3v) is 4.64. The number of anilines is 1. The molecular weight excluding hydrogens is 346 g/mol. The number of aromatic hydroxyl groups is 1. The SMILES string of the molecule is O=C(O)c1cccc(N2C(=O)/C(=C\c3ccc(O)cc3)SC2=S)c1. The van der Waals surface area contributed by atoms with E-state index in [1.54, 1.807) is 30.3 Å². The summed E-state index contributed by atoms with van der Waals surface area (Å²) in [5.74, 6) is -1.23. The Morgan fingerprint density at radius 2 is 1.88 bits per heavy atom. The lowest BCUT2D eigenvalue weighted by atomic mass is 10.2. The minimum absolute atomic E-state index is 0.0871. The van der Waals surface area contributed by atoms with E-state index in [9.17, 15) is 14.7 Å². The van der Waals surface area contributed by atoms with Gasteiger partial charge in [-0.15, -0.1) is 0 Å². The van der Waals surface area contributed by atoms with Crippen LogP contribution in [0.2, 0.25) is 0 Å². The molecule has 0 unspecified atom stereocenters. The van der Waals surface area contributed by atoms with Crippen molar-refractivity contribution in [1.29, 1.82) is 0 Å². The predicted octanol–water partition coefficient (Wildman–Crippen LogP) is 3.50. The van der Waals surface area contributed by atoms with E-state index in [1.165, 1.54) is 29.2 Å². The minimum atomic E-state index is -1.07. The summed E-state index contributed by atoms with van der Waals surface area (Å²) in [4.78, 5) is 25.5. The van der Waals surface area contributed by atoms with Gasteiger partial charge in [-0.25, -0.2) is 4.79 Å². The largest absolute Gasteiger partial charge is 0.508 e. The number of nitrogens with zero attached hydrogens (tertiary/aromatic N) is 1. The van der Waals surface area contributed by atoms with E-state index in [0.29, 0.717) is 14.9 Å². The van der Waals surface area contributed by atoms with Crippen molar-refractivity contribution in [2.75, 3.05) is 4.90 Å². The second kappa shape index (κ2) is 6.46. The number of phenolic OH excluding ortho intramolecular Hbond substituents is 1. The van der Waals surface area contributed by atoms with Gasteiger partial charge in [0.2, 0.25) is 0 Å². The maximum atomic E-state index is 12.6. The molecule has 1 amide bonds. The zero-order valence-corrected chi connectivity index (χ0v) is 13.8. The van der Waals surface area contributed by atoms with Crippen LogP contribution in [-0.2, 0) is 4.79 Å². The number of aromatic carboxylic acids is 1. The van der Waals surface area contributed by atoms with E-state index in [4.69, 9.17) is 17.3 Å². The third kappa shape index (κ3) is 3.17. The summed E-state index contributed by atoms with van der Waals surface area (Å²) in [7, 11) is 0. The molecule has 0 saturated carbocycles. The summed E-state index contributed by atoms with van der Waals surface area (Å²) in [6.07, 6.45) is 1.68. The number of thiocarbonyl (C=S) groups is 1. The molecule has 2 aromatic rings. The number of carboxylic acids is 1. The topological polar surface area (TPSA) is 77.8 Å². The minimum Gasteiger partial charge on any atom is -0.508 e. The zero-order chi connectivity index (χ0) is 17.3. The molecule has 0 aromatic heterocycles. The van der Waals surface area contributed by atoms with E-state index < -0.39 is 5.97 Å². The molecule has 24 heavy (non-hydrogen) atoms. The van der Waals surface area contributed by atoms with Gasteiger partial charge in [-0.2, -0.15) is 0 Å².